The Balaban J connectivity index is 2.01. The first-order chi connectivity index (χ1) is 8.66. The van der Waals surface area contributed by atoms with Crippen molar-refractivity contribution in [3.05, 3.63) is 59.2 Å². The van der Waals surface area contributed by atoms with Crippen LogP contribution in [-0.2, 0) is 0 Å². The molecule has 0 amide bonds. The molecule has 2 aromatic rings. The molecule has 0 saturated heterocycles. The number of aryl methyl sites for hydroxylation is 1. The molecule has 0 unspecified atom stereocenters. The molecule has 92 valence electrons. The lowest BCUT2D eigenvalue weighted by atomic mass is 10.0. The van der Waals surface area contributed by atoms with E-state index < -0.39 is 11.6 Å². The molecule has 1 aliphatic carbocycles. The predicted octanol–water partition coefficient (Wildman–Crippen LogP) is 4.82. The number of benzene rings is 2. The summed E-state index contributed by atoms with van der Waals surface area (Å²) in [6.07, 6.45) is 2.49. The SMILES string of the molecule is Cc1ccc(-c2ccc(C3CC3)cc2)c(F)c1F. The maximum absolute atomic E-state index is 13.8. The third-order valence-corrected chi connectivity index (χ3v) is 3.55. The highest BCUT2D eigenvalue weighted by Crippen LogP contribution is 2.40. The van der Waals surface area contributed by atoms with Gasteiger partial charge in [0.1, 0.15) is 0 Å². The molecule has 18 heavy (non-hydrogen) atoms. The van der Waals surface area contributed by atoms with Gasteiger partial charge in [-0.3, -0.25) is 0 Å². The van der Waals surface area contributed by atoms with Crippen LogP contribution >= 0.6 is 0 Å². The van der Waals surface area contributed by atoms with E-state index in [0.717, 1.165) is 5.56 Å². The van der Waals surface area contributed by atoms with Gasteiger partial charge in [0, 0.05) is 5.56 Å². The lowest BCUT2D eigenvalue weighted by Crippen LogP contribution is -1.93. The molecule has 0 bridgehead atoms. The fraction of sp³-hybridized carbons (Fsp3) is 0.250. The van der Waals surface area contributed by atoms with Gasteiger partial charge in [-0.15, -0.1) is 0 Å². The maximum atomic E-state index is 13.8. The Labute approximate surface area is 105 Å². The van der Waals surface area contributed by atoms with Crippen LogP contribution in [0.15, 0.2) is 36.4 Å². The van der Waals surface area contributed by atoms with Gasteiger partial charge in [0.15, 0.2) is 11.6 Å². The Hall–Kier alpha value is -1.70. The standard InChI is InChI=1S/C16H14F2/c1-10-2-9-14(16(18)15(10)17)13-7-5-12(6-8-13)11-3-4-11/h2,5-9,11H,3-4H2,1H3. The van der Waals surface area contributed by atoms with E-state index in [0.29, 0.717) is 17.0 Å². The summed E-state index contributed by atoms with van der Waals surface area (Å²) in [6, 6.07) is 11.0. The van der Waals surface area contributed by atoms with Crippen molar-refractivity contribution in [3.63, 3.8) is 0 Å². The zero-order valence-corrected chi connectivity index (χ0v) is 10.2. The minimum absolute atomic E-state index is 0.334. The number of hydrogen-bond donors (Lipinski definition) is 0. The smallest absolute Gasteiger partial charge is 0.166 e. The molecule has 1 fully saturated rings. The molecular weight excluding hydrogens is 230 g/mol. The summed E-state index contributed by atoms with van der Waals surface area (Å²) in [5.41, 5.74) is 2.70. The minimum atomic E-state index is -0.755. The summed E-state index contributed by atoms with van der Waals surface area (Å²) in [7, 11) is 0. The van der Waals surface area contributed by atoms with E-state index in [9.17, 15) is 8.78 Å². The first-order valence-electron chi connectivity index (χ1n) is 6.22. The van der Waals surface area contributed by atoms with Crippen molar-refractivity contribution in [2.24, 2.45) is 0 Å². The molecular formula is C16H14F2. The van der Waals surface area contributed by atoms with Crippen molar-refractivity contribution in [2.45, 2.75) is 25.7 Å². The van der Waals surface area contributed by atoms with Crippen molar-refractivity contribution in [1.29, 1.82) is 0 Å². The van der Waals surface area contributed by atoms with Crippen LogP contribution in [0.25, 0.3) is 11.1 Å². The highest BCUT2D eigenvalue weighted by atomic mass is 19.2. The van der Waals surface area contributed by atoms with E-state index in [1.54, 1.807) is 19.1 Å². The molecule has 0 heterocycles. The molecule has 0 radical (unpaired) electrons. The molecule has 2 aromatic carbocycles. The van der Waals surface area contributed by atoms with E-state index >= 15 is 0 Å². The molecule has 0 spiro atoms. The van der Waals surface area contributed by atoms with E-state index in [2.05, 4.69) is 0 Å². The van der Waals surface area contributed by atoms with Crippen molar-refractivity contribution >= 4 is 0 Å². The van der Waals surface area contributed by atoms with Gasteiger partial charge < -0.3 is 0 Å². The summed E-state index contributed by atoms with van der Waals surface area (Å²) >= 11 is 0. The summed E-state index contributed by atoms with van der Waals surface area (Å²) in [6.45, 7) is 1.57. The largest absolute Gasteiger partial charge is 0.203 e. The van der Waals surface area contributed by atoms with Crippen molar-refractivity contribution in [3.8, 4) is 11.1 Å². The van der Waals surface area contributed by atoms with E-state index in [4.69, 9.17) is 0 Å². The maximum Gasteiger partial charge on any atom is 0.166 e. The van der Waals surface area contributed by atoms with Crippen LogP contribution in [0.3, 0.4) is 0 Å². The Kier molecular flexibility index (Phi) is 2.66. The van der Waals surface area contributed by atoms with Gasteiger partial charge in [-0.1, -0.05) is 36.4 Å². The average Bonchev–Trinajstić information content (AvgIpc) is 3.21. The second-order valence-electron chi connectivity index (χ2n) is 4.95. The molecule has 2 heteroatoms. The van der Waals surface area contributed by atoms with Gasteiger partial charge in [0.25, 0.3) is 0 Å². The number of halogens is 2. The summed E-state index contributed by atoms with van der Waals surface area (Å²) in [4.78, 5) is 0. The van der Waals surface area contributed by atoms with E-state index in [1.807, 2.05) is 24.3 Å². The molecule has 0 atom stereocenters. The van der Waals surface area contributed by atoms with Gasteiger partial charge in [-0.25, -0.2) is 8.78 Å². The lowest BCUT2D eigenvalue weighted by molar-refractivity contribution is 0.505. The van der Waals surface area contributed by atoms with Gasteiger partial charge in [-0.05, 0) is 42.4 Å². The normalized spacial score (nSPS) is 14.8. The zero-order valence-electron chi connectivity index (χ0n) is 10.2. The number of rotatable bonds is 2. The number of hydrogen-bond acceptors (Lipinski definition) is 0. The Bertz CT molecular complexity index is 581. The topological polar surface area (TPSA) is 0 Å². The van der Waals surface area contributed by atoms with E-state index in [1.165, 1.54) is 18.4 Å². The molecule has 0 nitrogen and oxygen atoms in total. The second-order valence-corrected chi connectivity index (χ2v) is 4.95. The molecule has 1 aliphatic rings. The Morgan fingerprint density at radius 1 is 0.889 bits per heavy atom. The lowest BCUT2D eigenvalue weighted by Gasteiger charge is -2.07. The Morgan fingerprint density at radius 3 is 2.17 bits per heavy atom. The second kappa shape index (κ2) is 4.20. The van der Waals surface area contributed by atoms with Crippen LogP contribution in [0.2, 0.25) is 0 Å². The zero-order chi connectivity index (χ0) is 12.7. The van der Waals surface area contributed by atoms with Gasteiger partial charge in [-0.2, -0.15) is 0 Å². The van der Waals surface area contributed by atoms with Gasteiger partial charge in [0.2, 0.25) is 0 Å². The van der Waals surface area contributed by atoms with E-state index in [-0.39, 0.29) is 0 Å². The van der Waals surface area contributed by atoms with Crippen LogP contribution in [0.4, 0.5) is 8.78 Å². The van der Waals surface area contributed by atoms with Crippen molar-refractivity contribution in [1.82, 2.24) is 0 Å². The molecule has 0 aliphatic heterocycles. The monoisotopic (exact) mass is 244 g/mol. The van der Waals surface area contributed by atoms with Crippen LogP contribution in [0, 0.1) is 18.6 Å². The first kappa shape index (κ1) is 11.4. The average molecular weight is 244 g/mol. The first-order valence-corrected chi connectivity index (χ1v) is 6.22. The third kappa shape index (κ3) is 1.92. The van der Waals surface area contributed by atoms with Crippen molar-refractivity contribution in [2.75, 3.05) is 0 Å². The van der Waals surface area contributed by atoms with Crippen LogP contribution in [0.5, 0.6) is 0 Å². The van der Waals surface area contributed by atoms with Gasteiger partial charge in [0.05, 0.1) is 0 Å². The third-order valence-electron chi connectivity index (χ3n) is 3.55. The van der Waals surface area contributed by atoms with Crippen LogP contribution in [0.1, 0.15) is 29.9 Å². The Morgan fingerprint density at radius 2 is 1.56 bits per heavy atom. The quantitative estimate of drug-likeness (QED) is 0.710. The van der Waals surface area contributed by atoms with Gasteiger partial charge >= 0.3 is 0 Å². The minimum Gasteiger partial charge on any atom is -0.203 e. The highest BCUT2D eigenvalue weighted by molar-refractivity contribution is 5.65. The molecule has 1 saturated carbocycles. The fourth-order valence-corrected chi connectivity index (χ4v) is 2.22. The van der Waals surface area contributed by atoms with Crippen LogP contribution < -0.4 is 0 Å². The summed E-state index contributed by atoms with van der Waals surface area (Å²) in [5.74, 6) is -0.827. The predicted molar refractivity (Wildman–Crippen MR) is 68.5 cm³/mol. The summed E-state index contributed by atoms with van der Waals surface area (Å²) < 4.78 is 27.4. The van der Waals surface area contributed by atoms with Crippen molar-refractivity contribution < 1.29 is 8.78 Å². The highest BCUT2D eigenvalue weighted by Gasteiger charge is 2.23. The van der Waals surface area contributed by atoms with Crippen LogP contribution in [-0.4, -0.2) is 0 Å². The molecule has 0 N–H and O–H groups in total. The molecule has 0 aromatic heterocycles. The molecule has 3 rings (SSSR count). The summed E-state index contributed by atoms with van der Waals surface area (Å²) in [5, 5.41) is 0. The fourth-order valence-electron chi connectivity index (χ4n) is 2.22.